The molecule has 1 nitrogen and oxygen atoms in total. The lowest BCUT2D eigenvalue weighted by Crippen LogP contribution is -2.24. The van der Waals surface area contributed by atoms with Crippen molar-refractivity contribution in [1.82, 2.24) is 4.90 Å². The van der Waals surface area contributed by atoms with Crippen LogP contribution < -0.4 is 0 Å². The van der Waals surface area contributed by atoms with E-state index in [0.29, 0.717) is 5.41 Å². The van der Waals surface area contributed by atoms with Crippen LogP contribution in [0.15, 0.2) is 30.3 Å². The minimum absolute atomic E-state index is 0. The van der Waals surface area contributed by atoms with Gasteiger partial charge in [-0.15, -0.1) is 12.4 Å². The van der Waals surface area contributed by atoms with E-state index in [1.54, 1.807) is 5.56 Å². The Hall–Kier alpha value is -0.530. The van der Waals surface area contributed by atoms with E-state index in [9.17, 15) is 0 Å². The zero-order chi connectivity index (χ0) is 9.76. The average Bonchev–Trinajstić information content (AvgIpc) is 2.61. The standard InChI is InChI=1S/C13H17N.ClH/c1-10-12-8-14(2)9-13(10,12)11-6-4-3-5-7-11;/h3-7,10,12H,8-9H2,1-2H3;1H. The van der Waals surface area contributed by atoms with Gasteiger partial charge in [0.05, 0.1) is 0 Å². The van der Waals surface area contributed by atoms with Gasteiger partial charge in [0.15, 0.2) is 0 Å². The number of fused-ring (bicyclic) bond motifs is 1. The Labute approximate surface area is 97.9 Å². The fourth-order valence-corrected chi connectivity index (χ4v) is 3.47. The van der Waals surface area contributed by atoms with Crippen LogP contribution in [0.1, 0.15) is 12.5 Å². The van der Waals surface area contributed by atoms with Gasteiger partial charge in [0.2, 0.25) is 0 Å². The molecule has 3 rings (SSSR count). The van der Waals surface area contributed by atoms with Gasteiger partial charge in [0, 0.05) is 18.5 Å². The van der Waals surface area contributed by atoms with Crippen LogP contribution in [-0.4, -0.2) is 25.0 Å². The highest BCUT2D eigenvalue weighted by Crippen LogP contribution is 2.63. The second-order valence-electron chi connectivity index (χ2n) is 5.00. The summed E-state index contributed by atoms with van der Waals surface area (Å²) in [5.74, 6) is 1.80. The van der Waals surface area contributed by atoms with Gasteiger partial charge in [-0.05, 0) is 24.4 Å². The molecule has 0 amide bonds. The lowest BCUT2D eigenvalue weighted by Gasteiger charge is -2.18. The van der Waals surface area contributed by atoms with E-state index < -0.39 is 0 Å². The highest BCUT2D eigenvalue weighted by molar-refractivity contribution is 5.85. The Kier molecular flexibility index (Phi) is 2.56. The Morgan fingerprint density at radius 2 is 1.93 bits per heavy atom. The minimum atomic E-state index is 0. The second-order valence-corrected chi connectivity index (χ2v) is 5.00. The summed E-state index contributed by atoms with van der Waals surface area (Å²) in [6, 6.07) is 11.1. The second kappa shape index (κ2) is 3.50. The van der Waals surface area contributed by atoms with Crippen molar-refractivity contribution in [3.63, 3.8) is 0 Å². The Morgan fingerprint density at radius 3 is 2.53 bits per heavy atom. The monoisotopic (exact) mass is 223 g/mol. The maximum atomic E-state index is 2.47. The number of rotatable bonds is 1. The van der Waals surface area contributed by atoms with Crippen molar-refractivity contribution in [2.45, 2.75) is 12.3 Å². The zero-order valence-corrected chi connectivity index (χ0v) is 10.1. The first-order valence-electron chi connectivity index (χ1n) is 5.49. The van der Waals surface area contributed by atoms with Gasteiger partial charge in [-0.1, -0.05) is 37.3 Å². The number of piperidine rings is 1. The van der Waals surface area contributed by atoms with E-state index in [0.717, 1.165) is 11.8 Å². The van der Waals surface area contributed by atoms with Crippen molar-refractivity contribution >= 4 is 12.4 Å². The molecule has 3 atom stereocenters. The van der Waals surface area contributed by atoms with E-state index in [4.69, 9.17) is 0 Å². The van der Waals surface area contributed by atoms with Crippen LogP contribution in [0.3, 0.4) is 0 Å². The molecule has 0 bridgehead atoms. The van der Waals surface area contributed by atoms with E-state index in [1.807, 2.05) is 0 Å². The van der Waals surface area contributed by atoms with Gasteiger partial charge >= 0.3 is 0 Å². The topological polar surface area (TPSA) is 3.24 Å². The molecule has 1 aliphatic carbocycles. The first-order chi connectivity index (χ1) is 6.75. The predicted octanol–water partition coefficient (Wildman–Crippen LogP) is 2.56. The van der Waals surface area contributed by atoms with Crippen LogP contribution in [-0.2, 0) is 5.41 Å². The van der Waals surface area contributed by atoms with E-state index >= 15 is 0 Å². The maximum Gasteiger partial charge on any atom is 0.0152 e. The first kappa shape index (κ1) is 11.0. The van der Waals surface area contributed by atoms with Crippen molar-refractivity contribution in [3.05, 3.63) is 35.9 Å². The highest BCUT2D eigenvalue weighted by Gasteiger charge is 2.66. The maximum absolute atomic E-state index is 2.47. The molecule has 0 radical (unpaired) electrons. The summed E-state index contributed by atoms with van der Waals surface area (Å²) >= 11 is 0. The number of hydrogen-bond acceptors (Lipinski definition) is 1. The fraction of sp³-hybridized carbons (Fsp3) is 0.538. The molecule has 2 fully saturated rings. The normalized spacial score (nSPS) is 38.3. The number of halogens is 1. The fourth-order valence-electron chi connectivity index (χ4n) is 3.47. The molecule has 1 heterocycles. The van der Waals surface area contributed by atoms with Crippen LogP contribution >= 0.6 is 12.4 Å². The van der Waals surface area contributed by atoms with Crippen molar-refractivity contribution in [1.29, 1.82) is 0 Å². The molecular formula is C13H18ClN. The van der Waals surface area contributed by atoms with Crippen LogP contribution in [0, 0.1) is 11.8 Å². The lowest BCUT2D eigenvalue weighted by molar-refractivity contribution is 0.338. The smallest absolute Gasteiger partial charge is 0.0152 e. The van der Waals surface area contributed by atoms with Gasteiger partial charge < -0.3 is 4.90 Å². The summed E-state index contributed by atoms with van der Waals surface area (Å²) in [5.41, 5.74) is 2.07. The summed E-state index contributed by atoms with van der Waals surface area (Å²) in [5, 5.41) is 0. The Bertz CT molecular complexity index is 351. The third-order valence-electron chi connectivity index (χ3n) is 4.32. The van der Waals surface area contributed by atoms with Gasteiger partial charge in [-0.2, -0.15) is 0 Å². The van der Waals surface area contributed by atoms with Gasteiger partial charge in [0.1, 0.15) is 0 Å². The Morgan fingerprint density at radius 1 is 1.27 bits per heavy atom. The molecule has 0 spiro atoms. The minimum Gasteiger partial charge on any atom is -0.305 e. The summed E-state index contributed by atoms with van der Waals surface area (Å²) < 4.78 is 0. The molecule has 0 N–H and O–H groups in total. The van der Waals surface area contributed by atoms with Crippen LogP contribution in [0.25, 0.3) is 0 Å². The third kappa shape index (κ3) is 1.33. The van der Waals surface area contributed by atoms with Gasteiger partial charge in [-0.3, -0.25) is 0 Å². The van der Waals surface area contributed by atoms with E-state index in [1.165, 1.54) is 13.1 Å². The number of nitrogens with zero attached hydrogens (tertiary/aromatic N) is 1. The molecule has 3 unspecified atom stereocenters. The largest absolute Gasteiger partial charge is 0.305 e. The summed E-state index contributed by atoms with van der Waals surface area (Å²) in [4.78, 5) is 2.47. The van der Waals surface area contributed by atoms with Crippen molar-refractivity contribution < 1.29 is 0 Å². The number of likely N-dealkylation sites (tertiary alicyclic amines) is 1. The molecule has 2 heteroatoms. The Balaban J connectivity index is 0.000000853. The van der Waals surface area contributed by atoms with Crippen LogP contribution in [0.5, 0.6) is 0 Å². The van der Waals surface area contributed by atoms with Gasteiger partial charge in [-0.25, -0.2) is 0 Å². The highest BCUT2D eigenvalue weighted by atomic mass is 35.5. The van der Waals surface area contributed by atoms with Crippen LogP contribution in [0.2, 0.25) is 0 Å². The molecule has 0 aromatic heterocycles. The van der Waals surface area contributed by atoms with E-state index in [-0.39, 0.29) is 12.4 Å². The van der Waals surface area contributed by atoms with E-state index in [2.05, 4.69) is 49.2 Å². The molecule has 2 aliphatic rings. The summed E-state index contributed by atoms with van der Waals surface area (Å²) in [6.07, 6.45) is 0. The molecule has 1 aromatic carbocycles. The number of likely N-dealkylation sites (N-methyl/N-ethyl adjacent to an activating group) is 1. The molecule has 1 aliphatic heterocycles. The predicted molar refractivity (Wildman–Crippen MR) is 65.5 cm³/mol. The molecule has 1 saturated carbocycles. The van der Waals surface area contributed by atoms with Crippen molar-refractivity contribution in [3.8, 4) is 0 Å². The molecular weight excluding hydrogens is 206 g/mol. The first-order valence-corrected chi connectivity index (χ1v) is 5.49. The third-order valence-corrected chi connectivity index (χ3v) is 4.32. The summed E-state index contributed by atoms with van der Waals surface area (Å²) in [7, 11) is 2.24. The lowest BCUT2D eigenvalue weighted by atomic mass is 9.93. The number of benzene rings is 1. The van der Waals surface area contributed by atoms with Gasteiger partial charge in [0.25, 0.3) is 0 Å². The SMILES string of the molecule is CC1C2CN(C)CC12c1ccccc1.Cl. The summed E-state index contributed by atoms with van der Waals surface area (Å²) in [6.45, 7) is 4.95. The number of hydrogen-bond donors (Lipinski definition) is 0. The molecule has 15 heavy (non-hydrogen) atoms. The average molecular weight is 224 g/mol. The molecule has 1 aromatic rings. The quantitative estimate of drug-likeness (QED) is 0.708. The molecule has 82 valence electrons. The van der Waals surface area contributed by atoms with Crippen LogP contribution in [0.4, 0.5) is 0 Å². The van der Waals surface area contributed by atoms with Crippen molar-refractivity contribution in [2.75, 3.05) is 20.1 Å². The molecule has 1 saturated heterocycles. The van der Waals surface area contributed by atoms with Crippen molar-refractivity contribution in [2.24, 2.45) is 11.8 Å². The zero-order valence-electron chi connectivity index (χ0n) is 9.31.